The molecule has 0 aliphatic carbocycles. The van der Waals surface area contributed by atoms with E-state index in [-0.39, 0.29) is 5.91 Å². The molecule has 0 saturated heterocycles. The first-order valence-electron chi connectivity index (χ1n) is 9.74. The number of nitrogens with zero attached hydrogens (tertiary/aromatic N) is 2. The number of amides is 1. The van der Waals surface area contributed by atoms with Gasteiger partial charge in [0.25, 0.3) is 5.91 Å². The average Bonchev–Trinajstić information content (AvgIpc) is 2.80. The molecule has 0 saturated carbocycles. The molecule has 0 unspecified atom stereocenters. The zero-order valence-electron chi connectivity index (χ0n) is 16.3. The van der Waals surface area contributed by atoms with Crippen molar-refractivity contribution in [2.45, 2.75) is 16.3 Å². The number of carbonyl (C=O) groups excluding carboxylic acids is 1. The van der Waals surface area contributed by atoms with E-state index in [4.69, 9.17) is 4.74 Å². The lowest BCUT2D eigenvalue weighted by Gasteiger charge is -2.10. The van der Waals surface area contributed by atoms with Crippen molar-refractivity contribution < 1.29 is 9.53 Å². The molecule has 4 aromatic rings. The Morgan fingerprint density at radius 2 is 1.70 bits per heavy atom. The second-order valence-electron chi connectivity index (χ2n) is 6.56. The average molecular weight is 416 g/mol. The molecule has 0 aliphatic rings. The summed E-state index contributed by atoms with van der Waals surface area (Å²) in [5.41, 5.74) is 1.42. The minimum atomic E-state index is -0.131. The highest BCUT2D eigenvalue weighted by Crippen LogP contribution is 2.28. The Labute approximate surface area is 179 Å². The van der Waals surface area contributed by atoms with Crippen molar-refractivity contribution in [2.24, 2.45) is 0 Å². The largest absolute Gasteiger partial charge is 0.491 e. The minimum absolute atomic E-state index is 0.131. The van der Waals surface area contributed by atoms with Crippen LogP contribution >= 0.6 is 11.8 Å². The summed E-state index contributed by atoms with van der Waals surface area (Å²) in [6.45, 7) is 1.01. The van der Waals surface area contributed by atoms with Crippen molar-refractivity contribution in [3.63, 3.8) is 0 Å². The number of fused-ring (bicyclic) bond motifs is 1. The van der Waals surface area contributed by atoms with E-state index in [9.17, 15) is 4.79 Å². The van der Waals surface area contributed by atoms with Crippen molar-refractivity contribution >= 4 is 28.6 Å². The van der Waals surface area contributed by atoms with Crippen LogP contribution in [0.4, 0.5) is 0 Å². The van der Waals surface area contributed by atoms with Gasteiger partial charge >= 0.3 is 0 Å². The standard InChI is InChI=1S/C24H21N3O2S/c28-23(20-12-6-15-27-24(20)30-19-10-2-1-3-11-19)26-16-7-17-29-21-13-4-8-18-9-5-14-25-22(18)21/h1-6,8-15H,7,16-17H2,(H,26,28). The van der Waals surface area contributed by atoms with Crippen LogP contribution in [-0.2, 0) is 0 Å². The van der Waals surface area contributed by atoms with Crippen LogP contribution in [0, 0.1) is 0 Å². The quantitative estimate of drug-likeness (QED) is 0.411. The van der Waals surface area contributed by atoms with E-state index in [1.807, 2.05) is 60.7 Å². The van der Waals surface area contributed by atoms with Crippen molar-refractivity contribution in [2.75, 3.05) is 13.2 Å². The van der Waals surface area contributed by atoms with Gasteiger partial charge < -0.3 is 10.1 Å². The molecule has 0 spiro atoms. The zero-order valence-corrected chi connectivity index (χ0v) is 17.1. The summed E-state index contributed by atoms with van der Waals surface area (Å²) in [5.74, 6) is 0.626. The van der Waals surface area contributed by atoms with Gasteiger partial charge in [-0.25, -0.2) is 4.98 Å². The van der Waals surface area contributed by atoms with Crippen molar-refractivity contribution in [3.05, 3.63) is 90.8 Å². The fourth-order valence-corrected chi connectivity index (χ4v) is 3.89. The first-order valence-corrected chi connectivity index (χ1v) is 10.6. The highest BCUT2D eigenvalue weighted by molar-refractivity contribution is 7.99. The molecule has 150 valence electrons. The molecule has 2 aromatic carbocycles. The maximum absolute atomic E-state index is 12.6. The van der Waals surface area contributed by atoms with Gasteiger partial charge in [0.1, 0.15) is 16.3 Å². The fourth-order valence-electron chi connectivity index (χ4n) is 2.99. The van der Waals surface area contributed by atoms with Crippen LogP contribution in [0.3, 0.4) is 0 Å². The number of rotatable bonds is 8. The molecule has 0 radical (unpaired) electrons. The Morgan fingerprint density at radius 1 is 0.900 bits per heavy atom. The normalized spacial score (nSPS) is 10.7. The zero-order chi connectivity index (χ0) is 20.6. The van der Waals surface area contributed by atoms with Gasteiger partial charge in [-0.2, -0.15) is 0 Å². The summed E-state index contributed by atoms with van der Waals surface area (Å²) in [5, 5.41) is 4.70. The third-order valence-corrected chi connectivity index (χ3v) is 5.46. The predicted octanol–water partition coefficient (Wildman–Crippen LogP) is 4.98. The summed E-state index contributed by atoms with van der Waals surface area (Å²) >= 11 is 1.48. The molecule has 2 heterocycles. The van der Waals surface area contributed by atoms with Crippen LogP contribution in [-0.4, -0.2) is 29.0 Å². The molecular formula is C24H21N3O2S. The molecule has 0 atom stereocenters. The summed E-state index contributed by atoms with van der Waals surface area (Å²) < 4.78 is 5.88. The van der Waals surface area contributed by atoms with E-state index in [2.05, 4.69) is 15.3 Å². The third-order valence-electron chi connectivity index (χ3n) is 4.43. The van der Waals surface area contributed by atoms with Crippen LogP contribution in [0.15, 0.2) is 95.1 Å². The molecule has 1 amide bonds. The van der Waals surface area contributed by atoms with E-state index in [0.29, 0.717) is 30.2 Å². The monoisotopic (exact) mass is 415 g/mol. The molecule has 0 fully saturated rings. The van der Waals surface area contributed by atoms with Gasteiger partial charge in [0, 0.05) is 29.2 Å². The summed E-state index contributed by atoms with van der Waals surface area (Å²) in [6, 6.07) is 23.3. The summed E-state index contributed by atoms with van der Waals surface area (Å²) in [6.07, 6.45) is 4.15. The first kappa shape index (κ1) is 19.9. The van der Waals surface area contributed by atoms with Crippen LogP contribution in [0.5, 0.6) is 5.75 Å². The van der Waals surface area contributed by atoms with Gasteiger partial charge in [-0.3, -0.25) is 9.78 Å². The Bertz CT molecular complexity index is 1130. The van der Waals surface area contributed by atoms with E-state index >= 15 is 0 Å². The number of pyridine rings is 2. The van der Waals surface area contributed by atoms with Gasteiger partial charge in [0.05, 0.1) is 12.2 Å². The number of ether oxygens (including phenoxy) is 1. The number of carbonyl (C=O) groups is 1. The van der Waals surface area contributed by atoms with E-state index in [1.165, 1.54) is 11.8 Å². The number of nitrogens with one attached hydrogen (secondary N) is 1. The number of hydrogen-bond acceptors (Lipinski definition) is 5. The Hall–Kier alpha value is -3.38. The molecule has 1 N–H and O–H groups in total. The van der Waals surface area contributed by atoms with Crippen molar-refractivity contribution in [1.82, 2.24) is 15.3 Å². The second-order valence-corrected chi connectivity index (χ2v) is 7.62. The predicted molar refractivity (Wildman–Crippen MR) is 119 cm³/mol. The first-order chi connectivity index (χ1) is 14.8. The van der Waals surface area contributed by atoms with Gasteiger partial charge in [0.2, 0.25) is 0 Å². The maximum atomic E-state index is 12.6. The lowest BCUT2D eigenvalue weighted by molar-refractivity contribution is 0.0948. The minimum Gasteiger partial charge on any atom is -0.491 e. The van der Waals surface area contributed by atoms with Gasteiger partial charge in [-0.05, 0) is 42.8 Å². The second kappa shape index (κ2) is 9.89. The van der Waals surface area contributed by atoms with Crippen molar-refractivity contribution in [1.29, 1.82) is 0 Å². The molecule has 0 bridgehead atoms. The van der Waals surface area contributed by atoms with Crippen molar-refractivity contribution in [3.8, 4) is 5.75 Å². The molecule has 5 nitrogen and oxygen atoms in total. The Balaban J connectivity index is 1.30. The number of hydrogen-bond donors (Lipinski definition) is 1. The summed E-state index contributed by atoms with van der Waals surface area (Å²) in [4.78, 5) is 22.5. The topological polar surface area (TPSA) is 64.1 Å². The highest BCUT2D eigenvalue weighted by atomic mass is 32.2. The van der Waals surface area contributed by atoms with Crippen LogP contribution < -0.4 is 10.1 Å². The van der Waals surface area contributed by atoms with E-state index in [1.54, 1.807) is 24.5 Å². The van der Waals surface area contributed by atoms with Crippen LogP contribution in [0.2, 0.25) is 0 Å². The molecule has 0 aliphatic heterocycles. The Kier molecular flexibility index (Phi) is 6.57. The molecule has 2 aromatic heterocycles. The van der Waals surface area contributed by atoms with E-state index < -0.39 is 0 Å². The van der Waals surface area contributed by atoms with Crippen LogP contribution in [0.25, 0.3) is 10.9 Å². The Morgan fingerprint density at radius 3 is 2.60 bits per heavy atom. The van der Waals surface area contributed by atoms with Gasteiger partial charge in [-0.15, -0.1) is 0 Å². The lowest BCUT2D eigenvalue weighted by atomic mass is 10.2. The SMILES string of the molecule is O=C(NCCCOc1cccc2cccnc12)c1cccnc1Sc1ccccc1. The van der Waals surface area contributed by atoms with Crippen LogP contribution in [0.1, 0.15) is 16.8 Å². The maximum Gasteiger partial charge on any atom is 0.254 e. The molecule has 30 heavy (non-hydrogen) atoms. The molecule has 4 rings (SSSR count). The number of aromatic nitrogens is 2. The van der Waals surface area contributed by atoms with Gasteiger partial charge in [0.15, 0.2) is 0 Å². The highest BCUT2D eigenvalue weighted by Gasteiger charge is 2.13. The molecule has 6 heteroatoms. The lowest BCUT2D eigenvalue weighted by Crippen LogP contribution is -2.26. The number of benzene rings is 2. The van der Waals surface area contributed by atoms with E-state index in [0.717, 1.165) is 21.5 Å². The number of para-hydroxylation sites is 1. The smallest absolute Gasteiger partial charge is 0.254 e. The molecular weight excluding hydrogens is 394 g/mol. The third kappa shape index (κ3) is 4.96. The van der Waals surface area contributed by atoms with Gasteiger partial charge in [-0.1, -0.05) is 48.2 Å². The summed E-state index contributed by atoms with van der Waals surface area (Å²) in [7, 11) is 0. The fraction of sp³-hybridized carbons (Fsp3) is 0.125.